The van der Waals surface area contributed by atoms with E-state index in [1.807, 2.05) is 17.0 Å². The molecule has 6 heteroatoms. The molecular formula is C22H26FN3O2. The van der Waals surface area contributed by atoms with Gasteiger partial charge in [0.2, 0.25) is 5.56 Å². The quantitative estimate of drug-likeness (QED) is 0.800. The summed E-state index contributed by atoms with van der Waals surface area (Å²) in [6.07, 6.45) is 4.40. The van der Waals surface area contributed by atoms with E-state index in [4.69, 9.17) is 0 Å². The Balaban J connectivity index is 1.66. The van der Waals surface area contributed by atoms with Crippen LogP contribution in [-0.2, 0) is 7.05 Å². The summed E-state index contributed by atoms with van der Waals surface area (Å²) in [6.45, 7) is 5.09. The molecule has 2 aliphatic heterocycles. The summed E-state index contributed by atoms with van der Waals surface area (Å²) in [5, 5.41) is 0. The number of likely N-dealkylation sites (tertiary alicyclic amines) is 1. The van der Waals surface area contributed by atoms with Gasteiger partial charge in [0.15, 0.2) is 0 Å². The van der Waals surface area contributed by atoms with Crippen LogP contribution in [0.2, 0.25) is 0 Å². The molecule has 1 amide bonds. The Bertz CT molecular complexity index is 951. The molecule has 0 bridgehead atoms. The molecule has 28 heavy (non-hydrogen) atoms. The molecule has 0 N–H and O–H groups in total. The number of pyridine rings is 1. The van der Waals surface area contributed by atoms with Gasteiger partial charge in [0.25, 0.3) is 5.91 Å². The Kier molecular flexibility index (Phi) is 4.52. The van der Waals surface area contributed by atoms with Crippen molar-refractivity contribution < 1.29 is 9.18 Å². The fourth-order valence-electron chi connectivity index (χ4n) is 4.92. The van der Waals surface area contributed by atoms with Crippen LogP contribution >= 0.6 is 0 Å². The van der Waals surface area contributed by atoms with Crippen LogP contribution < -0.4 is 10.5 Å². The van der Waals surface area contributed by atoms with Crippen LogP contribution in [0.4, 0.5) is 10.1 Å². The number of carbonyl (C=O) groups excluding carboxylic acids is 1. The molecule has 2 fully saturated rings. The first-order valence-corrected chi connectivity index (χ1v) is 9.80. The van der Waals surface area contributed by atoms with Crippen molar-refractivity contribution >= 4 is 11.6 Å². The zero-order valence-electron chi connectivity index (χ0n) is 16.6. The summed E-state index contributed by atoms with van der Waals surface area (Å²) >= 11 is 0. The molecule has 3 heterocycles. The summed E-state index contributed by atoms with van der Waals surface area (Å²) < 4.78 is 14.9. The first kappa shape index (κ1) is 18.7. The van der Waals surface area contributed by atoms with Gasteiger partial charge < -0.3 is 14.4 Å². The van der Waals surface area contributed by atoms with E-state index in [-0.39, 0.29) is 34.9 Å². The van der Waals surface area contributed by atoms with Gasteiger partial charge in [-0.15, -0.1) is 0 Å². The summed E-state index contributed by atoms with van der Waals surface area (Å²) in [6, 6.07) is 10.00. The van der Waals surface area contributed by atoms with Crippen LogP contribution in [0.5, 0.6) is 0 Å². The molecule has 0 aliphatic carbocycles. The number of piperidine rings is 1. The second-order valence-electron chi connectivity index (χ2n) is 8.51. The van der Waals surface area contributed by atoms with Crippen LogP contribution in [0.1, 0.15) is 43.5 Å². The van der Waals surface area contributed by atoms with Gasteiger partial charge >= 0.3 is 0 Å². The van der Waals surface area contributed by atoms with Gasteiger partial charge in [0.05, 0.1) is 17.6 Å². The van der Waals surface area contributed by atoms with Crippen LogP contribution in [0.15, 0.2) is 47.4 Å². The highest BCUT2D eigenvalue weighted by molar-refractivity contribution is 5.94. The van der Waals surface area contributed by atoms with Crippen molar-refractivity contribution in [2.24, 2.45) is 7.05 Å². The third-order valence-electron chi connectivity index (χ3n) is 6.13. The van der Waals surface area contributed by atoms with Crippen LogP contribution in [-0.4, -0.2) is 39.5 Å². The first-order chi connectivity index (χ1) is 13.3. The Morgan fingerprint density at radius 3 is 2.50 bits per heavy atom. The molecule has 2 aliphatic rings. The molecule has 148 valence electrons. The number of nitrogens with zero attached hydrogens (tertiary/aromatic N) is 3. The van der Waals surface area contributed by atoms with Gasteiger partial charge in [-0.25, -0.2) is 4.39 Å². The molecule has 4 rings (SSSR count). The van der Waals surface area contributed by atoms with E-state index in [2.05, 4.69) is 18.7 Å². The predicted octanol–water partition coefficient (Wildman–Crippen LogP) is 3.19. The van der Waals surface area contributed by atoms with Crippen LogP contribution in [0, 0.1) is 5.82 Å². The molecular weight excluding hydrogens is 357 g/mol. The second-order valence-corrected chi connectivity index (χ2v) is 8.51. The minimum atomic E-state index is -0.243. The van der Waals surface area contributed by atoms with E-state index in [1.165, 1.54) is 22.8 Å². The molecule has 0 saturated carbocycles. The van der Waals surface area contributed by atoms with E-state index < -0.39 is 0 Å². The van der Waals surface area contributed by atoms with E-state index >= 15 is 0 Å². The number of carbonyl (C=O) groups is 1. The fourth-order valence-corrected chi connectivity index (χ4v) is 4.92. The number of fused-ring (bicyclic) bond motifs is 1. The molecule has 0 unspecified atom stereocenters. The highest BCUT2D eigenvalue weighted by atomic mass is 19.1. The summed E-state index contributed by atoms with van der Waals surface area (Å²) in [7, 11) is 1.66. The van der Waals surface area contributed by atoms with Gasteiger partial charge in [0.1, 0.15) is 5.82 Å². The second kappa shape index (κ2) is 6.76. The number of benzene rings is 1. The van der Waals surface area contributed by atoms with E-state index in [0.717, 1.165) is 31.5 Å². The third-order valence-corrected chi connectivity index (χ3v) is 6.13. The monoisotopic (exact) mass is 383 g/mol. The Hall–Kier alpha value is -2.63. The molecule has 2 atom stereocenters. The van der Waals surface area contributed by atoms with Gasteiger partial charge in [0, 0.05) is 37.1 Å². The van der Waals surface area contributed by atoms with E-state index in [9.17, 15) is 14.0 Å². The lowest BCUT2D eigenvalue weighted by molar-refractivity contribution is 0.0604. The number of hydrogen-bond acceptors (Lipinski definition) is 3. The summed E-state index contributed by atoms with van der Waals surface area (Å²) in [5.74, 6) is -0.269. The number of aryl methyl sites for hydroxylation is 1. The number of anilines is 1. The number of amides is 1. The summed E-state index contributed by atoms with van der Waals surface area (Å²) in [4.78, 5) is 29.2. The molecule has 2 aromatic rings. The maximum Gasteiger partial charge on any atom is 0.255 e. The molecule has 5 nitrogen and oxygen atoms in total. The minimum absolute atomic E-state index is 0.0259. The van der Waals surface area contributed by atoms with Crippen molar-refractivity contribution in [3.05, 3.63) is 64.3 Å². The molecule has 2 saturated heterocycles. The number of rotatable bonds is 2. The Labute approximate surface area is 164 Å². The molecule has 1 aromatic heterocycles. The van der Waals surface area contributed by atoms with Crippen molar-refractivity contribution in [2.45, 2.75) is 50.7 Å². The molecule has 0 radical (unpaired) electrons. The standard InChI is InChI=1S/C22H26FN3O2/c1-22(2)13-19-18(26(22)17-9-7-16(23)8-10-17)5-4-12-25(19)21(28)15-6-11-20(27)24(3)14-15/h6-11,14,18-19H,4-5,12-13H2,1-3H3/t18-,19-/m0/s1. The zero-order chi connectivity index (χ0) is 20.1. The zero-order valence-corrected chi connectivity index (χ0v) is 16.6. The lowest BCUT2D eigenvalue weighted by Gasteiger charge is -2.42. The molecule has 1 aromatic carbocycles. The van der Waals surface area contributed by atoms with Gasteiger partial charge in [-0.2, -0.15) is 0 Å². The predicted molar refractivity (Wildman–Crippen MR) is 107 cm³/mol. The number of hydrogen-bond donors (Lipinski definition) is 0. The van der Waals surface area contributed by atoms with Crippen LogP contribution in [0.3, 0.4) is 0 Å². The maximum absolute atomic E-state index is 13.4. The first-order valence-electron chi connectivity index (χ1n) is 9.80. The van der Waals surface area contributed by atoms with Crippen molar-refractivity contribution in [1.29, 1.82) is 0 Å². The van der Waals surface area contributed by atoms with Crippen molar-refractivity contribution in [2.75, 3.05) is 11.4 Å². The van der Waals surface area contributed by atoms with E-state index in [0.29, 0.717) is 5.56 Å². The highest BCUT2D eigenvalue weighted by Crippen LogP contribution is 2.44. The maximum atomic E-state index is 13.4. The smallest absolute Gasteiger partial charge is 0.255 e. The van der Waals surface area contributed by atoms with Crippen molar-refractivity contribution in [3.63, 3.8) is 0 Å². The average molecular weight is 383 g/mol. The number of aromatic nitrogens is 1. The highest BCUT2D eigenvalue weighted by Gasteiger charge is 2.50. The lowest BCUT2D eigenvalue weighted by atomic mass is 9.93. The Morgan fingerprint density at radius 2 is 1.82 bits per heavy atom. The van der Waals surface area contributed by atoms with Gasteiger partial charge in [-0.05, 0) is 63.4 Å². The number of halogens is 1. The topological polar surface area (TPSA) is 45.6 Å². The Morgan fingerprint density at radius 1 is 1.11 bits per heavy atom. The average Bonchev–Trinajstić information content (AvgIpc) is 2.94. The summed E-state index contributed by atoms with van der Waals surface area (Å²) in [5.41, 5.74) is 1.27. The van der Waals surface area contributed by atoms with Gasteiger partial charge in [-0.3, -0.25) is 9.59 Å². The SMILES string of the molecule is Cn1cc(C(=O)N2CCC[C@H]3[C@@H]2CC(C)(C)N3c2ccc(F)cc2)ccc1=O. The molecule has 0 spiro atoms. The van der Waals surface area contributed by atoms with E-state index in [1.54, 1.807) is 19.3 Å². The van der Waals surface area contributed by atoms with Gasteiger partial charge in [-0.1, -0.05) is 0 Å². The van der Waals surface area contributed by atoms with Crippen LogP contribution in [0.25, 0.3) is 0 Å². The van der Waals surface area contributed by atoms with Crippen molar-refractivity contribution in [3.8, 4) is 0 Å². The van der Waals surface area contributed by atoms with Crippen molar-refractivity contribution in [1.82, 2.24) is 9.47 Å². The lowest BCUT2D eigenvalue weighted by Crippen LogP contribution is -2.53. The minimum Gasteiger partial charge on any atom is -0.361 e. The fraction of sp³-hybridized carbons (Fsp3) is 0.455. The normalized spacial score (nSPS) is 23.6. The largest absolute Gasteiger partial charge is 0.361 e. The third kappa shape index (κ3) is 3.11.